The van der Waals surface area contributed by atoms with Crippen LogP contribution in [0.3, 0.4) is 0 Å². The van der Waals surface area contributed by atoms with Crippen LogP contribution in [-0.2, 0) is 4.74 Å². The topological polar surface area (TPSA) is 60.7 Å². The molecule has 1 amide bonds. The zero-order valence-electron chi connectivity index (χ0n) is 13.3. The van der Waals surface area contributed by atoms with Gasteiger partial charge in [-0.25, -0.2) is 0 Å². The number of furan rings is 1. The molecular weight excluding hydrogens is 282 g/mol. The summed E-state index contributed by atoms with van der Waals surface area (Å²) >= 11 is 0. The summed E-state index contributed by atoms with van der Waals surface area (Å²) in [5, 5.41) is 2.88. The minimum atomic E-state index is -0.243. The Morgan fingerprint density at radius 1 is 1.27 bits per heavy atom. The molecule has 2 rings (SSSR count). The van der Waals surface area contributed by atoms with Crippen LogP contribution in [0, 0.1) is 13.8 Å². The lowest BCUT2D eigenvalue weighted by molar-refractivity contribution is 0.0826. The molecule has 2 aromatic rings. The number of aryl methyl sites for hydroxylation is 2. The lowest BCUT2D eigenvalue weighted by Crippen LogP contribution is -2.29. The Morgan fingerprint density at radius 2 is 2.05 bits per heavy atom. The third-order valence-corrected chi connectivity index (χ3v) is 3.48. The van der Waals surface area contributed by atoms with E-state index >= 15 is 0 Å². The minimum absolute atomic E-state index is 0.167. The van der Waals surface area contributed by atoms with Gasteiger partial charge in [-0.05, 0) is 37.6 Å². The molecule has 1 aromatic heterocycles. The summed E-state index contributed by atoms with van der Waals surface area (Å²) < 4.78 is 16.0. The van der Waals surface area contributed by atoms with Crippen molar-refractivity contribution in [1.29, 1.82) is 0 Å². The number of hydrogen-bond acceptors (Lipinski definition) is 4. The highest BCUT2D eigenvalue weighted by Gasteiger charge is 2.17. The highest BCUT2D eigenvalue weighted by atomic mass is 16.5. The van der Waals surface area contributed by atoms with Gasteiger partial charge in [0, 0.05) is 13.7 Å². The molecule has 1 aromatic carbocycles. The normalized spacial score (nSPS) is 12.0. The van der Waals surface area contributed by atoms with Crippen molar-refractivity contribution in [1.82, 2.24) is 5.32 Å². The fourth-order valence-corrected chi connectivity index (χ4v) is 2.32. The number of nitrogens with one attached hydrogen (secondary N) is 1. The predicted molar refractivity (Wildman–Crippen MR) is 83.3 cm³/mol. The molecule has 0 saturated carbocycles. The second-order valence-electron chi connectivity index (χ2n) is 5.04. The molecule has 0 spiro atoms. The van der Waals surface area contributed by atoms with Crippen molar-refractivity contribution in [2.24, 2.45) is 0 Å². The van der Waals surface area contributed by atoms with Gasteiger partial charge in [0.2, 0.25) is 0 Å². The number of rotatable bonds is 6. The summed E-state index contributed by atoms with van der Waals surface area (Å²) in [4.78, 5) is 12.2. The van der Waals surface area contributed by atoms with Crippen LogP contribution in [0.5, 0.6) is 5.75 Å². The van der Waals surface area contributed by atoms with E-state index < -0.39 is 0 Å². The Kier molecular flexibility index (Phi) is 5.22. The number of carbonyl (C=O) groups excluding carboxylic acids is 1. The minimum Gasteiger partial charge on any atom is -0.497 e. The third-order valence-electron chi connectivity index (χ3n) is 3.48. The van der Waals surface area contributed by atoms with Crippen molar-refractivity contribution >= 4 is 5.91 Å². The molecule has 1 unspecified atom stereocenters. The van der Waals surface area contributed by atoms with Crippen molar-refractivity contribution in [3.8, 4) is 5.75 Å². The molecule has 118 valence electrons. The molecule has 0 fully saturated rings. The van der Waals surface area contributed by atoms with Crippen molar-refractivity contribution in [3.05, 3.63) is 53.0 Å². The van der Waals surface area contributed by atoms with Crippen LogP contribution < -0.4 is 10.1 Å². The van der Waals surface area contributed by atoms with E-state index in [1.165, 1.54) is 0 Å². The number of amides is 1. The summed E-state index contributed by atoms with van der Waals surface area (Å²) in [6.45, 7) is 3.96. The lowest BCUT2D eigenvalue weighted by atomic mass is 10.1. The van der Waals surface area contributed by atoms with Gasteiger partial charge in [-0.3, -0.25) is 4.79 Å². The molecule has 1 atom stereocenters. The molecule has 5 nitrogen and oxygen atoms in total. The van der Waals surface area contributed by atoms with Gasteiger partial charge in [-0.15, -0.1) is 0 Å². The Bertz CT molecular complexity index is 648. The number of hydrogen-bond donors (Lipinski definition) is 1. The van der Waals surface area contributed by atoms with E-state index in [4.69, 9.17) is 13.9 Å². The highest BCUT2D eigenvalue weighted by molar-refractivity contribution is 5.95. The first-order chi connectivity index (χ1) is 10.5. The van der Waals surface area contributed by atoms with Crippen molar-refractivity contribution in [3.63, 3.8) is 0 Å². The molecule has 0 aliphatic carbocycles. The lowest BCUT2D eigenvalue weighted by Gasteiger charge is -2.17. The van der Waals surface area contributed by atoms with Crippen LogP contribution in [0.1, 0.15) is 33.5 Å². The standard InChI is InChI=1S/C17H21NO4/c1-11-8-15(12(2)22-11)17(19)18-10-16(21-4)13-6-5-7-14(9-13)20-3/h5-9,16H,10H2,1-4H3,(H,18,19). The van der Waals surface area contributed by atoms with Crippen LogP contribution in [-0.4, -0.2) is 26.7 Å². The van der Waals surface area contributed by atoms with E-state index in [9.17, 15) is 4.79 Å². The van der Waals surface area contributed by atoms with E-state index in [0.29, 0.717) is 17.9 Å². The largest absolute Gasteiger partial charge is 0.497 e. The van der Waals surface area contributed by atoms with E-state index in [0.717, 1.165) is 17.1 Å². The van der Waals surface area contributed by atoms with Gasteiger partial charge in [0.05, 0.1) is 18.8 Å². The SMILES string of the molecule is COc1cccc(C(CNC(=O)c2cc(C)oc2C)OC)c1. The average Bonchev–Trinajstić information content (AvgIpc) is 2.86. The van der Waals surface area contributed by atoms with Gasteiger partial charge in [0.25, 0.3) is 5.91 Å². The Morgan fingerprint density at radius 3 is 2.64 bits per heavy atom. The highest BCUT2D eigenvalue weighted by Crippen LogP contribution is 2.21. The van der Waals surface area contributed by atoms with Gasteiger partial charge in [0.1, 0.15) is 17.3 Å². The fourth-order valence-electron chi connectivity index (χ4n) is 2.32. The molecule has 1 heterocycles. The van der Waals surface area contributed by atoms with Crippen molar-refractivity contribution < 1.29 is 18.7 Å². The van der Waals surface area contributed by atoms with Crippen molar-refractivity contribution in [2.45, 2.75) is 20.0 Å². The molecule has 5 heteroatoms. The summed E-state index contributed by atoms with van der Waals surface area (Å²) in [7, 11) is 3.23. The summed E-state index contributed by atoms with van der Waals surface area (Å²) in [5.41, 5.74) is 1.50. The van der Waals surface area contributed by atoms with Gasteiger partial charge in [-0.1, -0.05) is 12.1 Å². The van der Waals surface area contributed by atoms with Crippen LogP contribution >= 0.6 is 0 Å². The van der Waals surface area contributed by atoms with Gasteiger partial charge < -0.3 is 19.2 Å². The molecule has 22 heavy (non-hydrogen) atoms. The zero-order valence-corrected chi connectivity index (χ0v) is 13.3. The number of carbonyl (C=O) groups is 1. The van der Waals surface area contributed by atoms with Gasteiger partial charge >= 0.3 is 0 Å². The predicted octanol–water partition coefficient (Wildman–Crippen LogP) is 3.02. The van der Waals surface area contributed by atoms with Gasteiger partial charge in [0.15, 0.2) is 0 Å². The third kappa shape index (κ3) is 3.68. The van der Waals surface area contributed by atoms with E-state index in [1.54, 1.807) is 27.2 Å². The zero-order chi connectivity index (χ0) is 16.1. The fraction of sp³-hybridized carbons (Fsp3) is 0.353. The van der Waals surface area contributed by atoms with Crippen LogP contribution in [0.15, 0.2) is 34.7 Å². The van der Waals surface area contributed by atoms with Gasteiger partial charge in [-0.2, -0.15) is 0 Å². The maximum atomic E-state index is 12.2. The second-order valence-corrected chi connectivity index (χ2v) is 5.04. The van der Waals surface area contributed by atoms with E-state index in [2.05, 4.69) is 5.32 Å². The second kappa shape index (κ2) is 7.13. The molecule has 0 aliphatic rings. The Balaban J connectivity index is 2.04. The maximum Gasteiger partial charge on any atom is 0.254 e. The van der Waals surface area contributed by atoms with Crippen LogP contribution in [0.4, 0.5) is 0 Å². The molecule has 0 aliphatic heterocycles. The summed E-state index contributed by atoms with van der Waals surface area (Å²) in [5.74, 6) is 1.93. The quantitative estimate of drug-likeness (QED) is 0.891. The Hall–Kier alpha value is -2.27. The average molecular weight is 303 g/mol. The molecule has 0 bridgehead atoms. The number of benzene rings is 1. The first kappa shape index (κ1) is 16.1. The van der Waals surface area contributed by atoms with E-state index in [1.807, 2.05) is 31.2 Å². The molecule has 0 saturated heterocycles. The smallest absolute Gasteiger partial charge is 0.254 e. The number of ether oxygens (including phenoxy) is 2. The molecule has 1 N–H and O–H groups in total. The van der Waals surface area contributed by atoms with Crippen LogP contribution in [0.2, 0.25) is 0 Å². The van der Waals surface area contributed by atoms with Crippen LogP contribution in [0.25, 0.3) is 0 Å². The Labute approximate surface area is 130 Å². The molecule has 0 radical (unpaired) electrons. The van der Waals surface area contributed by atoms with E-state index in [-0.39, 0.29) is 12.0 Å². The summed E-state index contributed by atoms with van der Waals surface area (Å²) in [6.07, 6.45) is -0.243. The van der Waals surface area contributed by atoms with Crippen molar-refractivity contribution in [2.75, 3.05) is 20.8 Å². The maximum absolute atomic E-state index is 12.2. The first-order valence-electron chi connectivity index (χ1n) is 7.07. The monoisotopic (exact) mass is 303 g/mol. The summed E-state index contributed by atoms with van der Waals surface area (Å²) in [6, 6.07) is 9.33. The molecular formula is C17H21NO4. The number of methoxy groups -OCH3 is 2. The first-order valence-corrected chi connectivity index (χ1v) is 7.07.